The lowest BCUT2D eigenvalue weighted by Crippen LogP contribution is -2.09. The molecule has 3 N–H and O–H groups in total. The number of imidazole rings is 1. The Morgan fingerprint density at radius 3 is 2.86 bits per heavy atom. The first-order valence-corrected chi connectivity index (χ1v) is 6.89. The normalized spacial score (nSPS) is 12.7. The second kappa shape index (κ2) is 5.18. The molecule has 2 heterocycles. The number of aliphatic hydroxyl groups is 1. The smallest absolute Gasteiger partial charge is 0.138 e. The quantitative estimate of drug-likeness (QED) is 0.723. The topological polar surface area (TPSA) is 77.0 Å². The number of benzene rings is 1. The number of nitrogens with two attached hydrogens (primary N) is 1. The molecule has 0 aliphatic carbocycles. The predicted octanol–water partition coefficient (Wildman–Crippen LogP) is 2.42. The van der Waals surface area contributed by atoms with Gasteiger partial charge in [-0.05, 0) is 49.2 Å². The van der Waals surface area contributed by atoms with Crippen LogP contribution in [0, 0.1) is 6.92 Å². The third-order valence-electron chi connectivity index (χ3n) is 3.64. The molecule has 108 valence electrons. The van der Waals surface area contributed by atoms with Crippen LogP contribution in [0.1, 0.15) is 30.0 Å². The van der Waals surface area contributed by atoms with Gasteiger partial charge in [0, 0.05) is 24.6 Å². The standard InChI is InChI=1S/C16H18N4O/c1-10-8-18-6-5-12(10)9-20-15-4-3-13(17)7-14(15)19-16(20)11(2)21/h3-8,11,21H,9,17H2,1-2H3. The van der Waals surface area contributed by atoms with Crippen LogP contribution < -0.4 is 5.73 Å². The van der Waals surface area contributed by atoms with Crippen molar-refractivity contribution >= 4 is 16.7 Å². The summed E-state index contributed by atoms with van der Waals surface area (Å²) < 4.78 is 2.03. The van der Waals surface area contributed by atoms with E-state index in [1.54, 1.807) is 13.1 Å². The molecular formula is C16H18N4O. The van der Waals surface area contributed by atoms with Crippen LogP contribution in [0.2, 0.25) is 0 Å². The summed E-state index contributed by atoms with van der Waals surface area (Å²) in [6.45, 7) is 4.40. The molecule has 1 atom stereocenters. The Morgan fingerprint density at radius 1 is 1.33 bits per heavy atom. The van der Waals surface area contributed by atoms with E-state index in [2.05, 4.69) is 9.97 Å². The van der Waals surface area contributed by atoms with E-state index >= 15 is 0 Å². The molecule has 3 rings (SSSR count). The number of nitrogens with zero attached hydrogens (tertiary/aromatic N) is 3. The summed E-state index contributed by atoms with van der Waals surface area (Å²) in [5.74, 6) is 0.645. The van der Waals surface area contributed by atoms with E-state index in [0.717, 1.165) is 22.2 Å². The van der Waals surface area contributed by atoms with Crippen LogP contribution in [0.25, 0.3) is 11.0 Å². The van der Waals surface area contributed by atoms with Gasteiger partial charge in [0.05, 0.1) is 11.0 Å². The fourth-order valence-corrected chi connectivity index (χ4v) is 2.50. The number of hydrogen-bond acceptors (Lipinski definition) is 4. The third-order valence-corrected chi connectivity index (χ3v) is 3.64. The Balaban J connectivity index is 2.16. The highest BCUT2D eigenvalue weighted by molar-refractivity contribution is 5.79. The molecule has 5 nitrogen and oxygen atoms in total. The van der Waals surface area contributed by atoms with Crippen molar-refractivity contribution in [3.63, 3.8) is 0 Å². The molecule has 1 unspecified atom stereocenters. The fraction of sp³-hybridized carbons (Fsp3) is 0.250. The predicted molar refractivity (Wildman–Crippen MR) is 82.9 cm³/mol. The Morgan fingerprint density at radius 2 is 2.14 bits per heavy atom. The third kappa shape index (κ3) is 2.48. The van der Waals surface area contributed by atoms with Gasteiger partial charge in [-0.3, -0.25) is 4.98 Å². The molecule has 0 fully saturated rings. The van der Waals surface area contributed by atoms with E-state index < -0.39 is 6.10 Å². The highest BCUT2D eigenvalue weighted by Crippen LogP contribution is 2.24. The van der Waals surface area contributed by atoms with Gasteiger partial charge in [-0.25, -0.2) is 4.98 Å². The zero-order valence-corrected chi connectivity index (χ0v) is 12.1. The first-order chi connectivity index (χ1) is 10.1. The van der Waals surface area contributed by atoms with Crippen molar-refractivity contribution in [2.45, 2.75) is 26.5 Å². The van der Waals surface area contributed by atoms with Crippen molar-refractivity contribution in [2.24, 2.45) is 0 Å². The van der Waals surface area contributed by atoms with Crippen molar-refractivity contribution < 1.29 is 5.11 Å². The fourth-order valence-electron chi connectivity index (χ4n) is 2.50. The van der Waals surface area contributed by atoms with Crippen LogP contribution in [0.5, 0.6) is 0 Å². The number of pyridine rings is 1. The molecule has 0 amide bonds. The molecule has 0 radical (unpaired) electrons. The van der Waals surface area contributed by atoms with Gasteiger partial charge in [-0.2, -0.15) is 0 Å². The number of aliphatic hydroxyl groups excluding tert-OH is 1. The van der Waals surface area contributed by atoms with Crippen molar-refractivity contribution in [3.8, 4) is 0 Å². The molecule has 0 saturated carbocycles. The van der Waals surface area contributed by atoms with Gasteiger partial charge in [-0.15, -0.1) is 0 Å². The van der Waals surface area contributed by atoms with Crippen LogP contribution in [0.15, 0.2) is 36.7 Å². The second-order valence-electron chi connectivity index (χ2n) is 5.28. The number of rotatable bonds is 3. The molecule has 0 aliphatic heterocycles. The number of anilines is 1. The summed E-state index contributed by atoms with van der Waals surface area (Å²) in [7, 11) is 0. The van der Waals surface area contributed by atoms with Crippen molar-refractivity contribution in [1.82, 2.24) is 14.5 Å². The minimum atomic E-state index is -0.638. The average molecular weight is 282 g/mol. The van der Waals surface area contributed by atoms with E-state index in [0.29, 0.717) is 18.1 Å². The minimum Gasteiger partial charge on any atom is -0.399 e. The van der Waals surface area contributed by atoms with Crippen molar-refractivity contribution in [2.75, 3.05) is 5.73 Å². The van der Waals surface area contributed by atoms with Crippen LogP contribution in [-0.4, -0.2) is 19.6 Å². The zero-order valence-electron chi connectivity index (χ0n) is 12.1. The molecular weight excluding hydrogens is 264 g/mol. The minimum absolute atomic E-state index is 0.638. The van der Waals surface area contributed by atoms with Crippen molar-refractivity contribution in [1.29, 1.82) is 0 Å². The zero-order chi connectivity index (χ0) is 15.0. The lowest BCUT2D eigenvalue weighted by molar-refractivity contribution is 0.185. The Bertz CT molecular complexity index is 792. The van der Waals surface area contributed by atoms with E-state index in [1.807, 2.05) is 42.0 Å². The molecule has 3 aromatic rings. The number of hydrogen-bond donors (Lipinski definition) is 2. The summed E-state index contributed by atoms with van der Waals surface area (Å²) in [4.78, 5) is 8.63. The van der Waals surface area contributed by atoms with Crippen LogP contribution in [-0.2, 0) is 6.54 Å². The Kier molecular flexibility index (Phi) is 3.35. The van der Waals surface area contributed by atoms with Crippen molar-refractivity contribution in [3.05, 3.63) is 53.6 Å². The summed E-state index contributed by atoms with van der Waals surface area (Å²) in [5.41, 5.74) is 10.5. The van der Waals surface area contributed by atoms with Gasteiger partial charge in [0.15, 0.2) is 0 Å². The first-order valence-electron chi connectivity index (χ1n) is 6.89. The van der Waals surface area contributed by atoms with E-state index in [4.69, 9.17) is 5.73 Å². The summed E-state index contributed by atoms with van der Waals surface area (Å²) in [6, 6.07) is 7.62. The molecule has 5 heteroatoms. The molecule has 1 aromatic carbocycles. The number of nitrogen functional groups attached to an aromatic ring is 1. The molecule has 0 spiro atoms. The van der Waals surface area contributed by atoms with E-state index in [-0.39, 0.29) is 0 Å². The van der Waals surface area contributed by atoms with Gasteiger partial charge in [-0.1, -0.05) is 0 Å². The Labute approximate surface area is 123 Å². The lowest BCUT2D eigenvalue weighted by atomic mass is 10.1. The van der Waals surface area contributed by atoms with Gasteiger partial charge >= 0.3 is 0 Å². The van der Waals surface area contributed by atoms with Gasteiger partial charge in [0.2, 0.25) is 0 Å². The van der Waals surface area contributed by atoms with Gasteiger partial charge < -0.3 is 15.4 Å². The highest BCUT2D eigenvalue weighted by atomic mass is 16.3. The maximum atomic E-state index is 10.00. The summed E-state index contributed by atoms with van der Waals surface area (Å²) in [6.07, 6.45) is 2.98. The van der Waals surface area contributed by atoms with Gasteiger partial charge in [0.25, 0.3) is 0 Å². The monoisotopic (exact) mass is 282 g/mol. The summed E-state index contributed by atoms with van der Waals surface area (Å²) >= 11 is 0. The molecule has 0 bridgehead atoms. The average Bonchev–Trinajstić information content (AvgIpc) is 2.79. The largest absolute Gasteiger partial charge is 0.399 e. The number of aromatic nitrogens is 3. The van der Waals surface area contributed by atoms with Crippen LogP contribution in [0.3, 0.4) is 0 Å². The molecule has 21 heavy (non-hydrogen) atoms. The van der Waals surface area contributed by atoms with E-state index in [1.165, 1.54) is 0 Å². The lowest BCUT2D eigenvalue weighted by Gasteiger charge is -2.12. The Hall–Kier alpha value is -2.40. The van der Waals surface area contributed by atoms with Gasteiger partial charge in [0.1, 0.15) is 11.9 Å². The summed E-state index contributed by atoms with van der Waals surface area (Å²) in [5, 5.41) is 10.00. The molecule has 0 aliphatic rings. The van der Waals surface area contributed by atoms with Crippen LogP contribution >= 0.6 is 0 Å². The first kappa shape index (κ1) is 13.6. The molecule has 0 saturated heterocycles. The highest BCUT2D eigenvalue weighted by Gasteiger charge is 2.15. The maximum absolute atomic E-state index is 10.00. The molecule has 2 aromatic heterocycles. The maximum Gasteiger partial charge on any atom is 0.138 e. The SMILES string of the molecule is Cc1cnccc1Cn1c(C(C)O)nc2cc(N)ccc21. The van der Waals surface area contributed by atoms with E-state index in [9.17, 15) is 5.11 Å². The number of fused-ring (bicyclic) bond motifs is 1. The van der Waals surface area contributed by atoms with Crippen LogP contribution in [0.4, 0.5) is 5.69 Å². The number of aryl methyl sites for hydroxylation is 1. The second-order valence-corrected chi connectivity index (χ2v) is 5.28.